The van der Waals surface area contributed by atoms with Crippen LogP contribution in [0.3, 0.4) is 0 Å². The van der Waals surface area contributed by atoms with E-state index < -0.39 is 11.7 Å². The molecule has 0 aliphatic heterocycles. The Labute approximate surface area is 212 Å². The Bertz CT molecular complexity index is 1310. The van der Waals surface area contributed by atoms with Gasteiger partial charge in [-0.2, -0.15) is 5.26 Å². The number of carbonyl (C=O) groups excluding carboxylic acids is 1. The van der Waals surface area contributed by atoms with Gasteiger partial charge in [0.25, 0.3) is 0 Å². The standard InChI is InChI=1S/C25H25ClFN5O4/c1-36-23-13-21-18(12-22(23)31-24(35)3-2-6-32(7-9-33)8-10-34)25(16(14-28)15-29-21)30-17-4-5-20(27)19(26)11-17/h2-5,11-13,15,33-34H,6-10H2,1H3,(H,29,30)(H,31,35). The summed E-state index contributed by atoms with van der Waals surface area (Å²) < 4.78 is 19.0. The van der Waals surface area contributed by atoms with Gasteiger partial charge in [-0.3, -0.25) is 14.7 Å². The smallest absolute Gasteiger partial charge is 0.248 e. The lowest BCUT2D eigenvalue weighted by Crippen LogP contribution is -2.30. The number of anilines is 3. The molecule has 0 spiro atoms. The molecule has 0 radical (unpaired) electrons. The summed E-state index contributed by atoms with van der Waals surface area (Å²) in [5.41, 5.74) is 1.95. The topological polar surface area (TPSA) is 131 Å². The number of fused-ring (bicyclic) bond motifs is 1. The highest BCUT2D eigenvalue weighted by Crippen LogP contribution is 2.36. The lowest BCUT2D eigenvalue weighted by atomic mass is 10.1. The van der Waals surface area contributed by atoms with Gasteiger partial charge in [0.1, 0.15) is 17.6 Å². The number of benzene rings is 2. The molecule has 0 bridgehead atoms. The van der Waals surface area contributed by atoms with E-state index in [1.54, 1.807) is 23.1 Å². The second-order valence-electron chi connectivity index (χ2n) is 7.62. The van der Waals surface area contributed by atoms with Crippen molar-refractivity contribution in [3.8, 4) is 11.8 Å². The Hall–Kier alpha value is -3.75. The average Bonchev–Trinajstić information content (AvgIpc) is 2.86. The summed E-state index contributed by atoms with van der Waals surface area (Å²) in [6.45, 7) is 0.983. The molecule has 36 heavy (non-hydrogen) atoms. The fraction of sp³-hybridized carbons (Fsp3) is 0.240. The molecule has 0 saturated heterocycles. The Morgan fingerprint density at radius 2 is 2.03 bits per heavy atom. The number of ether oxygens (including phenoxy) is 1. The van der Waals surface area contributed by atoms with Crippen molar-refractivity contribution >= 4 is 45.5 Å². The van der Waals surface area contributed by atoms with E-state index in [0.29, 0.717) is 53.3 Å². The van der Waals surface area contributed by atoms with Crippen molar-refractivity contribution in [2.24, 2.45) is 0 Å². The predicted molar refractivity (Wildman–Crippen MR) is 136 cm³/mol. The van der Waals surface area contributed by atoms with Crippen molar-refractivity contribution in [2.75, 3.05) is 50.6 Å². The van der Waals surface area contributed by atoms with E-state index in [9.17, 15) is 14.4 Å². The third-order valence-corrected chi connectivity index (χ3v) is 5.51. The number of hydrogen-bond acceptors (Lipinski definition) is 8. The number of nitrogens with zero attached hydrogens (tertiary/aromatic N) is 3. The first kappa shape index (κ1) is 26.8. The lowest BCUT2D eigenvalue weighted by molar-refractivity contribution is -0.111. The number of hydrogen-bond donors (Lipinski definition) is 4. The maximum absolute atomic E-state index is 13.6. The normalized spacial score (nSPS) is 11.1. The van der Waals surface area contributed by atoms with Crippen molar-refractivity contribution in [3.05, 3.63) is 65.1 Å². The summed E-state index contributed by atoms with van der Waals surface area (Å²) in [5.74, 6) is -0.634. The van der Waals surface area contributed by atoms with Crippen LogP contribution < -0.4 is 15.4 Å². The number of methoxy groups -OCH3 is 1. The number of halogens is 2. The maximum Gasteiger partial charge on any atom is 0.248 e. The Kier molecular flexibility index (Phi) is 9.55. The van der Waals surface area contributed by atoms with E-state index in [0.717, 1.165) is 0 Å². The van der Waals surface area contributed by atoms with Crippen LogP contribution in [-0.2, 0) is 4.79 Å². The van der Waals surface area contributed by atoms with Crippen LogP contribution in [0.15, 0.2) is 48.7 Å². The van der Waals surface area contributed by atoms with Gasteiger partial charge in [-0.1, -0.05) is 17.7 Å². The fourth-order valence-corrected chi connectivity index (χ4v) is 3.67. The van der Waals surface area contributed by atoms with Crippen LogP contribution in [0.25, 0.3) is 10.9 Å². The zero-order valence-corrected chi connectivity index (χ0v) is 20.2. The molecule has 11 heteroatoms. The monoisotopic (exact) mass is 513 g/mol. The van der Waals surface area contributed by atoms with Crippen LogP contribution in [0.1, 0.15) is 5.56 Å². The Morgan fingerprint density at radius 1 is 1.28 bits per heavy atom. The highest BCUT2D eigenvalue weighted by molar-refractivity contribution is 6.31. The van der Waals surface area contributed by atoms with Gasteiger partial charge < -0.3 is 25.6 Å². The zero-order valence-electron chi connectivity index (χ0n) is 19.5. The van der Waals surface area contributed by atoms with Gasteiger partial charge in [-0.15, -0.1) is 0 Å². The number of carbonyl (C=O) groups is 1. The molecule has 4 N–H and O–H groups in total. The van der Waals surface area contributed by atoms with E-state index >= 15 is 0 Å². The molecule has 0 aliphatic carbocycles. The number of aromatic nitrogens is 1. The molecule has 0 aliphatic rings. The molecule has 188 valence electrons. The van der Waals surface area contributed by atoms with E-state index in [-0.39, 0.29) is 23.8 Å². The summed E-state index contributed by atoms with van der Waals surface area (Å²) in [5, 5.41) is 34.1. The number of rotatable bonds is 11. The van der Waals surface area contributed by atoms with Gasteiger partial charge in [0, 0.05) is 49.0 Å². The lowest BCUT2D eigenvalue weighted by Gasteiger charge is -2.17. The van der Waals surface area contributed by atoms with Gasteiger partial charge >= 0.3 is 0 Å². The van der Waals surface area contributed by atoms with Gasteiger partial charge in [0.2, 0.25) is 5.91 Å². The first-order valence-corrected chi connectivity index (χ1v) is 11.3. The first-order chi connectivity index (χ1) is 17.4. The molecule has 1 amide bonds. The van der Waals surface area contributed by atoms with Crippen LogP contribution in [0.5, 0.6) is 5.75 Å². The number of aliphatic hydroxyl groups excluding tert-OH is 2. The molecule has 0 atom stereocenters. The van der Waals surface area contributed by atoms with E-state index in [2.05, 4.69) is 21.7 Å². The van der Waals surface area contributed by atoms with Gasteiger partial charge in [0.05, 0.1) is 47.8 Å². The van der Waals surface area contributed by atoms with E-state index in [4.69, 9.17) is 26.6 Å². The molecular formula is C25H25ClFN5O4. The minimum Gasteiger partial charge on any atom is -0.494 e. The minimum atomic E-state index is -0.569. The molecule has 0 fully saturated rings. The minimum absolute atomic E-state index is 0.0620. The van der Waals surface area contributed by atoms with Crippen LogP contribution >= 0.6 is 11.6 Å². The second kappa shape index (κ2) is 12.8. The molecular weight excluding hydrogens is 489 g/mol. The zero-order chi connectivity index (χ0) is 26.1. The Balaban J connectivity index is 1.93. The largest absolute Gasteiger partial charge is 0.494 e. The molecule has 0 unspecified atom stereocenters. The maximum atomic E-state index is 13.6. The fourth-order valence-electron chi connectivity index (χ4n) is 3.48. The predicted octanol–water partition coefficient (Wildman–Crippen LogP) is 3.43. The summed E-state index contributed by atoms with van der Waals surface area (Å²) >= 11 is 5.90. The molecule has 1 aromatic heterocycles. The van der Waals surface area contributed by atoms with Crippen LogP contribution in [0.4, 0.5) is 21.5 Å². The number of amides is 1. The third kappa shape index (κ3) is 6.68. The average molecular weight is 514 g/mol. The SMILES string of the molecule is COc1cc2ncc(C#N)c(Nc3ccc(F)c(Cl)c3)c2cc1NC(=O)C=CCN(CCO)CCO. The van der Waals surface area contributed by atoms with E-state index in [1.807, 2.05) is 0 Å². The van der Waals surface area contributed by atoms with Gasteiger partial charge in [-0.25, -0.2) is 4.39 Å². The van der Waals surface area contributed by atoms with Gasteiger partial charge in [-0.05, 0) is 24.3 Å². The molecule has 2 aromatic carbocycles. The van der Waals surface area contributed by atoms with Gasteiger partial charge in [0.15, 0.2) is 0 Å². The Morgan fingerprint density at radius 3 is 2.67 bits per heavy atom. The van der Waals surface area contributed by atoms with Crippen LogP contribution in [0.2, 0.25) is 5.02 Å². The number of nitrogens with one attached hydrogen (secondary N) is 2. The van der Waals surface area contributed by atoms with E-state index in [1.165, 1.54) is 37.6 Å². The van der Waals surface area contributed by atoms with Crippen molar-refractivity contribution < 1.29 is 24.1 Å². The molecule has 0 saturated carbocycles. The number of nitriles is 1. The summed E-state index contributed by atoms with van der Waals surface area (Å²) in [6, 6.07) is 9.44. The highest BCUT2D eigenvalue weighted by atomic mass is 35.5. The van der Waals surface area contributed by atoms with Crippen LogP contribution in [0, 0.1) is 17.1 Å². The van der Waals surface area contributed by atoms with Crippen molar-refractivity contribution in [1.29, 1.82) is 5.26 Å². The van der Waals surface area contributed by atoms with Crippen molar-refractivity contribution in [2.45, 2.75) is 0 Å². The number of aliphatic hydroxyl groups is 2. The summed E-state index contributed by atoms with van der Waals surface area (Å²) in [4.78, 5) is 18.7. The van der Waals surface area contributed by atoms with Crippen molar-refractivity contribution in [1.82, 2.24) is 9.88 Å². The molecule has 3 aromatic rings. The quantitative estimate of drug-likeness (QED) is 0.287. The third-order valence-electron chi connectivity index (χ3n) is 5.22. The second-order valence-corrected chi connectivity index (χ2v) is 8.03. The molecule has 3 rings (SSSR count). The number of pyridine rings is 1. The first-order valence-electron chi connectivity index (χ1n) is 10.9. The summed E-state index contributed by atoms with van der Waals surface area (Å²) in [7, 11) is 1.46. The van der Waals surface area contributed by atoms with Crippen LogP contribution in [-0.4, -0.2) is 66.0 Å². The van der Waals surface area contributed by atoms with Crippen molar-refractivity contribution in [3.63, 3.8) is 0 Å². The molecule has 9 nitrogen and oxygen atoms in total. The summed E-state index contributed by atoms with van der Waals surface area (Å²) in [6.07, 6.45) is 4.37. The highest BCUT2D eigenvalue weighted by Gasteiger charge is 2.15. The molecule has 1 heterocycles.